The third kappa shape index (κ3) is 1.21. The molecule has 0 unspecified atom stereocenters. The van der Waals surface area contributed by atoms with Crippen LogP contribution in [0.2, 0.25) is 0 Å². The molecule has 0 saturated carbocycles. The minimum atomic E-state index is -0.503. The number of aromatic nitrogens is 5. The van der Waals surface area contributed by atoms with Gasteiger partial charge in [0.2, 0.25) is 0 Å². The Labute approximate surface area is 99.6 Å². The average molecular weight is 245 g/mol. The van der Waals surface area contributed by atoms with E-state index in [1.165, 1.54) is 4.52 Å². The first-order chi connectivity index (χ1) is 8.74. The van der Waals surface area contributed by atoms with Crippen molar-refractivity contribution in [2.24, 2.45) is 0 Å². The second kappa shape index (κ2) is 3.58. The Morgan fingerprint density at radius 1 is 1.50 bits per heavy atom. The number of tetrazole rings is 1. The van der Waals surface area contributed by atoms with Crippen LogP contribution in [0.5, 0.6) is 0 Å². The highest BCUT2D eigenvalue weighted by Gasteiger charge is 2.25. The van der Waals surface area contributed by atoms with Crippen LogP contribution >= 0.6 is 0 Å². The molecule has 0 spiro atoms. The fourth-order valence-electron chi connectivity index (χ4n) is 1.93. The predicted octanol–water partition coefficient (Wildman–Crippen LogP) is 0.622. The smallest absolute Gasteiger partial charge is 0.339 e. The summed E-state index contributed by atoms with van der Waals surface area (Å²) in [5.41, 5.74) is 0.915. The fourth-order valence-corrected chi connectivity index (χ4v) is 1.93. The number of rotatable bonds is 2. The first-order valence-corrected chi connectivity index (χ1v) is 5.04. The van der Waals surface area contributed by atoms with Crippen LogP contribution in [-0.2, 0) is 0 Å². The van der Waals surface area contributed by atoms with E-state index in [0.717, 1.165) is 0 Å². The van der Waals surface area contributed by atoms with E-state index in [-0.39, 0.29) is 11.3 Å². The van der Waals surface area contributed by atoms with E-state index in [2.05, 4.69) is 25.8 Å². The number of hydrogen-bond donors (Lipinski definition) is 1. The summed E-state index contributed by atoms with van der Waals surface area (Å²) in [7, 11) is 1.61. The van der Waals surface area contributed by atoms with E-state index in [4.69, 9.17) is 0 Å². The van der Waals surface area contributed by atoms with Crippen LogP contribution in [0.25, 0.3) is 16.6 Å². The Kier molecular flexibility index (Phi) is 2.06. The van der Waals surface area contributed by atoms with Gasteiger partial charge in [0.1, 0.15) is 5.69 Å². The lowest BCUT2D eigenvalue weighted by Gasteiger charge is -2.07. The fraction of sp³-hybridized carbons (Fsp3) is 0.111. The molecule has 0 aliphatic heterocycles. The summed E-state index contributed by atoms with van der Waals surface area (Å²) < 4.78 is 1.31. The highest BCUT2D eigenvalue weighted by molar-refractivity contribution is 6.00. The Bertz CT molecular complexity index is 766. The van der Waals surface area contributed by atoms with Gasteiger partial charge in [0.05, 0.1) is 16.6 Å². The number of nitrogens with zero attached hydrogens (tertiary/aromatic N) is 6. The molecule has 90 valence electrons. The molecule has 0 bridgehead atoms. The van der Waals surface area contributed by atoms with Crippen LogP contribution in [-0.4, -0.2) is 37.0 Å². The molecule has 0 aromatic carbocycles. The van der Waals surface area contributed by atoms with Gasteiger partial charge in [-0.3, -0.25) is 15.1 Å². The molecule has 3 rings (SSSR count). The normalized spacial score (nSPS) is 10.9. The molecule has 3 aromatic rings. The SMILES string of the molecule is CNc1c([N+](=O)[O-])c2nnnn2c2cnccc12. The molecule has 0 saturated heterocycles. The summed E-state index contributed by atoms with van der Waals surface area (Å²) in [4.78, 5) is 14.7. The monoisotopic (exact) mass is 245 g/mol. The molecule has 0 amide bonds. The molecule has 9 nitrogen and oxygen atoms in total. The lowest BCUT2D eigenvalue weighted by atomic mass is 10.2. The lowest BCUT2D eigenvalue weighted by Crippen LogP contribution is -2.03. The summed E-state index contributed by atoms with van der Waals surface area (Å²) in [6.45, 7) is 0. The van der Waals surface area contributed by atoms with Crippen molar-refractivity contribution in [2.75, 3.05) is 12.4 Å². The quantitative estimate of drug-likeness (QED) is 0.520. The molecule has 0 aliphatic carbocycles. The van der Waals surface area contributed by atoms with Crippen molar-refractivity contribution in [3.05, 3.63) is 28.6 Å². The second-order valence-corrected chi connectivity index (χ2v) is 3.54. The van der Waals surface area contributed by atoms with Crippen molar-refractivity contribution >= 4 is 27.9 Å². The highest BCUT2D eigenvalue weighted by atomic mass is 16.6. The van der Waals surface area contributed by atoms with Crippen molar-refractivity contribution in [1.82, 2.24) is 25.0 Å². The molecule has 0 radical (unpaired) electrons. The van der Waals surface area contributed by atoms with Crippen LogP contribution in [0.15, 0.2) is 18.5 Å². The standard InChI is InChI=1S/C9H7N7O2/c1-10-7-5-2-3-11-4-6(5)15-9(12-13-14-15)8(7)16(17)18/h2-4,10H,1H3. The van der Waals surface area contributed by atoms with Crippen LogP contribution in [0.3, 0.4) is 0 Å². The van der Waals surface area contributed by atoms with Gasteiger partial charge in [-0.15, -0.1) is 5.10 Å². The largest absolute Gasteiger partial charge is 0.382 e. The predicted molar refractivity (Wildman–Crippen MR) is 62.3 cm³/mol. The number of nitrogens with one attached hydrogen (secondary N) is 1. The molecule has 1 N–H and O–H groups in total. The molecular formula is C9H7N7O2. The molecule has 0 fully saturated rings. The topological polar surface area (TPSA) is 111 Å². The van der Waals surface area contributed by atoms with Gasteiger partial charge >= 0.3 is 5.69 Å². The average Bonchev–Trinajstić information content (AvgIpc) is 2.85. The Hall–Kier alpha value is -2.84. The van der Waals surface area contributed by atoms with Gasteiger partial charge in [-0.25, -0.2) is 0 Å². The van der Waals surface area contributed by atoms with E-state index >= 15 is 0 Å². The zero-order valence-corrected chi connectivity index (χ0v) is 9.23. The van der Waals surface area contributed by atoms with E-state index in [1.54, 1.807) is 25.5 Å². The van der Waals surface area contributed by atoms with Gasteiger partial charge in [-0.05, 0) is 16.5 Å². The number of pyridine rings is 2. The van der Waals surface area contributed by atoms with Crippen molar-refractivity contribution in [1.29, 1.82) is 0 Å². The van der Waals surface area contributed by atoms with Gasteiger partial charge in [0, 0.05) is 18.6 Å². The number of hydrogen-bond acceptors (Lipinski definition) is 7. The van der Waals surface area contributed by atoms with Crippen molar-refractivity contribution in [3.8, 4) is 0 Å². The molecule has 9 heteroatoms. The van der Waals surface area contributed by atoms with Crippen molar-refractivity contribution < 1.29 is 4.92 Å². The van der Waals surface area contributed by atoms with Crippen LogP contribution in [0.4, 0.5) is 11.4 Å². The summed E-state index contributed by atoms with van der Waals surface area (Å²) in [6, 6.07) is 1.68. The third-order valence-electron chi connectivity index (χ3n) is 2.65. The number of fused-ring (bicyclic) bond motifs is 3. The second-order valence-electron chi connectivity index (χ2n) is 3.54. The maximum Gasteiger partial charge on any atom is 0.339 e. The molecule has 0 aliphatic rings. The first-order valence-electron chi connectivity index (χ1n) is 5.04. The van der Waals surface area contributed by atoms with Gasteiger partial charge in [0.15, 0.2) is 0 Å². The van der Waals surface area contributed by atoms with Gasteiger partial charge in [-0.1, -0.05) is 0 Å². The number of anilines is 1. The Morgan fingerprint density at radius 2 is 2.33 bits per heavy atom. The molecule has 3 aromatic heterocycles. The van der Waals surface area contributed by atoms with Gasteiger partial charge < -0.3 is 5.32 Å². The molecule has 3 heterocycles. The van der Waals surface area contributed by atoms with Gasteiger partial charge in [0.25, 0.3) is 5.65 Å². The van der Waals surface area contributed by atoms with Crippen molar-refractivity contribution in [2.45, 2.75) is 0 Å². The summed E-state index contributed by atoms with van der Waals surface area (Å²) >= 11 is 0. The number of nitro groups is 1. The molecule has 18 heavy (non-hydrogen) atoms. The van der Waals surface area contributed by atoms with Crippen LogP contribution in [0, 0.1) is 10.1 Å². The zero-order chi connectivity index (χ0) is 12.7. The van der Waals surface area contributed by atoms with Crippen LogP contribution < -0.4 is 5.32 Å². The summed E-state index contributed by atoms with van der Waals surface area (Å²) in [6.07, 6.45) is 3.12. The minimum absolute atomic E-state index is 0.0878. The Morgan fingerprint density at radius 3 is 3.06 bits per heavy atom. The highest BCUT2D eigenvalue weighted by Crippen LogP contribution is 2.34. The van der Waals surface area contributed by atoms with E-state index in [1.807, 2.05) is 0 Å². The minimum Gasteiger partial charge on any atom is -0.382 e. The van der Waals surface area contributed by atoms with E-state index in [0.29, 0.717) is 16.6 Å². The lowest BCUT2D eigenvalue weighted by molar-refractivity contribution is -0.382. The third-order valence-corrected chi connectivity index (χ3v) is 2.65. The maximum absolute atomic E-state index is 11.2. The van der Waals surface area contributed by atoms with E-state index in [9.17, 15) is 10.1 Å². The molecule has 0 atom stereocenters. The van der Waals surface area contributed by atoms with Crippen LogP contribution in [0.1, 0.15) is 0 Å². The first kappa shape index (κ1) is 10.3. The summed E-state index contributed by atoms with van der Waals surface area (Å²) in [5.74, 6) is 0. The van der Waals surface area contributed by atoms with E-state index < -0.39 is 4.92 Å². The van der Waals surface area contributed by atoms with Crippen molar-refractivity contribution in [3.63, 3.8) is 0 Å². The zero-order valence-electron chi connectivity index (χ0n) is 9.23. The Balaban J connectivity index is 2.63. The molecular weight excluding hydrogens is 238 g/mol. The van der Waals surface area contributed by atoms with Gasteiger partial charge in [-0.2, -0.15) is 4.52 Å². The summed E-state index contributed by atoms with van der Waals surface area (Å²) in [5, 5.41) is 25.6. The maximum atomic E-state index is 11.2.